The number of benzene rings is 2. The van der Waals surface area contributed by atoms with Crippen LogP contribution in [0.5, 0.6) is 5.75 Å². The number of nitrogens with one attached hydrogen (secondary N) is 2. The van der Waals surface area contributed by atoms with Crippen LogP contribution in [-0.2, 0) is 16.0 Å². The van der Waals surface area contributed by atoms with Crippen molar-refractivity contribution in [3.63, 3.8) is 0 Å². The van der Waals surface area contributed by atoms with Crippen molar-refractivity contribution < 1.29 is 28.3 Å². The van der Waals surface area contributed by atoms with E-state index < -0.39 is 24.5 Å². The maximum atomic E-state index is 12.9. The predicted octanol–water partition coefficient (Wildman–Crippen LogP) is 3.54. The summed E-state index contributed by atoms with van der Waals surface area (Å²) in [5, 5.41) is 3.58. The average molecular weight is 446 g/mol. The van der Waals surface area contributed by atoms with Crippen molar-refractivity contribution in [3.8, 4) is 5.75 Å². The highest BCUT2D eigenvalue weighted by atomic mass is 16.5. The molecule has 0 aliphatic heterocycles. The first-order valence-corrected chi connectivity index (χ1v) is 10.3. The molecule has 168 valence electrons. The number of furan rings is 1. The lowest BCUT2D eigenvalue weighted by Gasteiger charge is -2.17. The number of para-hydroxylation sites is 1. The lowest BCUT2D eigenvalue weighted by atomic mass is 10.0. The van der Waals surface area contributed by atoms with Crippen LogP contribution in [0, 0.1) is 0 Å². The van der Waals surface area contributed by atoms with Crippen molar-refractivity contribution in [1.29, 1.82) is 0 Å². The Balaban J connectivity index is 1.48. The van der Waals surface area contributed by atoms with Crippen LogP contribution >= 0.6 is 0 Å². The van der Waals surface area contributed by atoms with Gasteiger partial charge >= 0.3 is 5.97 Å². The number of ether oxygens (including phenoxy) is 2. The van der Waals surface area contributed by atoms with Gasteiger partial charge in [-0.1, -0.05) is 18.2 Å². The standard InChI is InChI=1S/C25H22N2O6/c1-31-18-10-8-16(9-11-18)22(28)15-33-25(30)21(27-24(29)23-7-4-12-32-23)13-17-14-26-20-6-3-2-5-19(17)20/h2-12,14,21,26H,13,15H2,1H3,(H,27,29). The maximum Gasteiger partial charge on any atom is 0.329 e. The summed E-state index contributed by atoms with van der Waals surface area (Å²) in [6.45, 7) is -0.452. The second-order valence-electron chi connectivity index (χ2n) is 7.33. The molecule has 2 aromatic carbocycles. The number of hydrogen-bond donors (Lipinski definition) is 2. The van der Waals surface area contributed by atoms with Gasteiger partial charge in [-0.25, -0.2) is 4.79 Å². The van der Waals surface area contributed by atoms with E-state index in [0.717, 1.165) is 16.5 Å². The number of amides is 1. The van der Waals surface area contributed by atoms with Crippen molar-refractivity contribution in [2.24, 2.45) is 0 Å². The van der Waals surface area contributed by atoms with E-state index in [-0.39, 0.29) is 18.0 Å². The summed E-state index contributed by atoms with van der Waals surface area (Å²) in [6.07, 6.45) is 3.33. The Morgan fingerprint density at radius 3 is 2.55 bits per heavy atom. The first kappa shape index (κ1) is 21.9. The zero-order valence-corrected chi connectivity index (χ0v) is 17.9. The fraction of sp³-hybridized carbons (Fsp3) is 0.160. The van der Waals surface area contributed by atoms with E-state index in [4.69, 9.17) is 13.9 Å². The SMILES string of the molecule is COc1ccc(C(=O)COC(=O)C(Cc2c[nH]c3ccccc23)NC(=O)c2ccco2)cc1. The Labute approximate surface area is 189 Å². The Morgan fingerprint density at radius 2 is 1.82 bits per heavy atom. The number of ketones is 1. The lowest BCUT2D eigenvalue weighted by molar-refractivity contribution is -0.144. The summed E-state index contributed by atoms with van der Waals surface area (Å²) in [4.78, 5) is 41.0. The van der Waals surface area contributed by atoms with Gasteiger partial charge in [0.15, 0.2) is 18.2 Å². The largest absolute Gasteiger partial charge is 0.497 e. The van der Waals surface area contributed by atoms with E-state index in [9.17, 15) is 14.4 Å². The molecule has 1 atom stereocenters. The maximum absolute atomic E-state index is 12.9. The third-order valence-corrected chi connectivity index (χ3v) is 5.19. The monoisotopic (exact) mass is 446 g/mol. The van der Waals surface area contributed by atoms with E-state index in [1.807, 2.05) is 24.3 Å². The molecule has 0 aliphatic carbocycles. The van der Waals surface area contributed by atoms with Crippen molar-refractivity contribution >= 4 is 28.6 Å². The van der Waals surface area contributed by atoms with Crippen LogP contribution in [-0.4, -0.2) is 42.4 Å². The molecule has 33 heavy (non-hydrogen) atoms. The second kappa shape index (κ2) is 9.86. The summed E-state index contributed by atoms with van der Waals surface area (Å²) in [5.41, 5.74) is 2.12. The second-order valence-corrected chi connectivity index (χ2v) is 7.33. The third kappa shape index (κ3) is 5.12. The molecule has 0 aliphatic rings. The van der Waals surface area contributed by atoms with Gasteiger partial charge in [0.2, 0.25) is 0 Å². The van der Waals surface area contributed by atoms with Gasteiger partial charge in [0, 0.05) is 29.1 Å². The normalized spacial score (nSPS) is 11.7. The number of hydrogen-bond acceptors (Lipinski definition) is 6. The third-order valence-electron chi connectivity index (χ3n) is 5.19. The number of fused-ring (bicyclic) bond motifs is 1. The fourth-order valence-electron chi connectivity index (χ4n) is 3.45. The van der Waals surface area contributed by atoms with Crippen molar-refractivity contribution in [2.45, 2.75) is 12.5 Å². The minimum Gasteiger partial charge on any atom is -0.497 e. The number of H-pyrrole nitrogens is 1. The first-order valence-electron chi connectivity index (χ1n) is 10.3. The Hall–Kier alpha value is -4.33. The predicted molar refractivity (Wildman–Crippen MR) is 120 cm³/mol. The molecule has 8 nitrogen and oxygen atoms in total. The molecule has 0 saturated heterocycles. The average Bonchev–Trinajstić information content (AvgIpc) is 3.53. The molecule has 0 spiro atoms. The number of esters is 1. The van der Waals surface area contributed by atoms with Crippen LogP contribution in [0.25, 0.3) is 10.9 Å². The molecule has 0 radical (unpaired) electrons. The molecule has 2 aromatic heterocycles. The quantitative estimate of drug-likeness (QED) is 0.301. The molecule has 1 amide bonds. The minimum atomic E-state index is -1.02. The van der Waals surface area contributed by atoms with Gasteiger partial charge in [-0.2, -0.15) is 0 Å². The highest BCUT2D eigenvalue weighted by Crippen LogP contribution is 2.20. The van der Waals surface area contributed by atoms with Crippen LogP contribution in [0.1, 0.15) is 26.5 Å². The summed E-state index contributed by atoms with van der Waals surface area (Å²) >= 11 is 0. The van der Waals surface area contributed by atoms with Gasteiger partial charge in [-0.15, -0.1) is 0 Å². The van der Waals surface area contributed by atoms with Gasteiger partial charge in [-0.3, -0.25) is 9.59 Å². The summed E-state index contributed by atoms with van der Waals surface area (Å²) in [5.74, 6) is -0.955. The van der Waals surface area contributed by atoms with Crippen LogP contribution < -0.4 is 10.1 Å². The van der Waals surface area contributed by atoms with Crippen LogP contribution in [0.4, 0.5) is 0 Å². The van der Waals surface area contributed by atoms with Crippen molar-refractivity contribution in [3.05, 3.63) is 90.0 Å². The highest BCUT2D eigenvalue weighted by Gasteiger charge is 2.26. The van der Waals surface area contributed by atoms with E-state index >= 15 is 0 Å². The van der Waals surface area contributed by atoms with E-state index in [1.54, 1.807) is 36.5 Å². The molecular weight excluding hydrogens is 424 g/mol. The molecule has 4 aromatic rings. The molecule has 4 rings (SSSR count). The lowest BCUT2D eigenvalue weighted by Crippen LogP contribution is -2.43. The minimum absolute atomic E-state index is 0.0704. The highest BCUT2D eigenvalue weighted by molar-refractivity contribution is 5.99. The molecule has 1 unspecified atom stereocenters. The molecule has 0 fully saturated rings. The van der Waals surface area contributed by atoms with Gasteiger partial charge in [0.1, 0.15) is 11.8 Å². The fourth-order valence-corrected chi connectivity index (χ4v) is 3.45. The number of aromatic nitrogens is 1. The Kier molecular flexibility index (Phi) is 6.54. The molecule has 2 heterocycles. The van der Waals surface area contributed by atoms with E-state index in [1.165, 1.54) is 19.4 Å². The van der Waals surface area contributed by atoms with Crippen LogP contribution in [0.15, 0.2) is 77.5 Å². The van der Waals surface area contributed by atoms with Gasteiger partial charge in [-0.05, 0) is 48.0 Å². The smallest absolute Gasteiger partial charge is 0.329 e. The number of Topliss-reactive ketones (excluding diaryl/α,β-unsaturated/α-hetero) is 1. The van der Waals surface area contributed by atoms with Crippen LogP contribution in [0.2, 0.25) is 0 Å². The molecule has 0 saturated carbocycles. The topological polar surface area (TPSA) is 111 Å². The number of carbonyl (C=O) groups excluding carboxylic acids is 3. The van der Waals surface area contributed by atoms with Crippen molar-refractivity contribution in [2.75, 3.05) is 13.7 Å². The molecule has 2 N–H and O–H groups in total. The first-order chi connectivity index (χ1) is 16.0. The summed E-state index contributed by atoms with van der Waals surface area (Å²) in [7, 11) is 1.53. The summed E-state index contributed by atoms with van der Waals surface area (Å²) < 4.78 is 15.5. The molecule has 8 heteroatoms. The van der Waals surface area contributed by atoms with Gasteiger partial charge < -0.3 is 24.2 Å². The molecular formula is C25H22N2O6. The zero-order chi connectivity index (χ0) is 23.2. The Morgan fingerprint density at radius 1 is 1.03 bits per heavy atom. The van der Waals surface area contributed by atoms with E-state index in [2.05, 4.69) is 10.3 Å². The number of methoxy groups -OCH3 is 1. The number of rotatable bonds is 9. The Bertz CT molecular complexity index is 1260. The zero-order valence-electron chi connectivity index (χ0n) is 17.9. The number of aromatic amines is 1. The summed E-state index contributed by atoms with van der Waals surface area (Å²) in [6, 6.07) is 16.2. The van der Waals surface area contributed by atoms with Crippen LogP contribution in [0.3, 0.4) is 0 Å². The van der Waals surface area contributed by atoms with E-state index in [0.29, 0.717) is 11.3 Å². The number of carbonyl (C=O) groups is 3. The van der Waals surface area contributed by atoms with Gasteiger partial charge in [0.05, 0.1) is 13.4 Å². The van der Waals surface area contributed by atoms with Gasteiger partial charge in [0.25, 0.3) is 5.91 Å². The molecule has 0 bridgehead atoms. The van der Waals surface area contributed by atoms with Crippen molar-refractivity contribution in [1.82, 2.24) is 10.3 Å².